The molecule has 0 unspecified atom stereocenters. The quantitative estimate of drug-likeness (QED) is 0.757. The summed E-state index contributed by atoms with van der Waals surface area (Å²) in [5.74, 6) is 0.873. The number of sulfonamides is 1. The van der Waals surface area contributed by atoms with Crippen molar-refractivity contribution in [2.24, 2.45) is 0 Å². The summed E-state index contributed by atoms with van der Waals surface area (Å²) in [7, 11) is -3.68. The van der Waals surface area contributed by atoms with Crippen molar-refractivity contribution in [1.82, 2.24) is 19.8 Å². The average molecular weight is 298 g/mol. The first-order valence-electron chi connectivity index (χ1n) is 5.86. The summed E-state index contributed by atoms with van der Waals surface area (Å²) in [5, 5.41) is 12.4. The summed E-state index contributed by atoms with van der Waals surface area (Å²) < 4.78 is 31.1. The molecule has 0 aliphatic carbocycles. The molecule has 0 fully saturated rings. The number of aromatic nitrogens is 3. The van der Waals surface area contributed by atoms with Crippen LogP contribution < -0.4 is 4.72 Å². The number of aliphatic hydroxyl groups excluding tert-OH is 1. The van der Waals surface area contributed by atoms with Gasteiger partial charge in [-0.3, -0.25) is 0 Å². The van der Waals surface area contributed by atoms with E-state index in [1.807, 2.05) is 0 Å². The standard InChI is InChI=1S/C11H14N4O4S/c1-8-14-10(19-15-8)4-5-13-20(17,18)11-3-2-9(7-16)6-12-11/h2-3,6,13,16H,4-5,7H2,1H3. The molecular weight excluding hydrogens is 284 g/mol. The van der Waals surface area contributed by atoms with Gasteiger partial charge >= 0.3 is 0 Å². The minimum absolute atomic E-state index is 0.101. The van der Waals surface area contributed by atoms with Crippen molar-refractivity contribution in [1.29, 1.82) is 0 Å². The van der Waals surface area contributed by atoms with E-state index < -0.39 is 10.0 Å². The van der Waals surface area contributed by atoms with Gasteiger partial charge in [0.15, 0.2) is 10.9 Å². The van der Waals surface area contributed by atoms with Gasteiger partial charge in [0, 0.05) is 19.2 Å². The Bertz CT molecular complexity index is 666. The number of hydrogen-bond donors (Lipinski definition) is 2. The van der Waals surface area contributed by atoms with Crippen LogP contribution in [0.2, 0.25) is 0 Å². The van der Waals surface area contributed by atoms with Crippen LogP contribution in [0, 0.1) is 6.92 Å². The molecule has 9 heteroatoms. The smallest absolute Gasteiger partial charge is 0.258 e. The third kappa shape index (κ3) is 3.59. The Morgan fingerprint density at radius 3 is 2.75 bits per heavy atom. The molecule has 0 amide bonds. The maximum atomic E-state index is 11.9. The first-order chi connectivity index (χ1) is 9.51. The summed E-state index contributed by atoms with van der Waals surface area (Å²) in [6.07, 6.45) is 1.62. The normalized spacial score (nSPS) is 11.7. The van der Waals surface area contributed by atoms with Crippen LogP contribution in [0.5, 0.6) is 0 Å². The third-order valence-corrected chi connectivity index (χ3v) is 3.83. The molecule has 0 spiro atoms. The predicted molar refractivity (Wildman–Crippen MR) is 68.1 cm³/mol. The zero-order chi connectivity index (χ0) is 14.6. The molecule has 2 aromatic heterocycles. The maximum Gasteiger partial charge on any atom is 0.258 e. The molecule has 0 saturated carbocycles. The first-order valence-corrected chi connectivity index (χ1v) is 7.34. The van der Waals surface area contributed by atoms with Crippen molar-refractivity contribution < 1.29 is 18.0 Å². The van der Waals surface area contributed by atoms with Gasteiger partial charge in [0.2, 0.25) is 5.89 Å². The minimum Gasteiger partial charge on any atom is -0.392 e. The molecule has 8 nitrogen and oxygen atoms in total. The fourth-order valence-electron chi connectivity index (χ4n) is 1.47. The number of hydrogen-bond acceptors (Lipinski definition) is 7. The van der Waals surface area contributed by atoms with Crippen molar-refractivity contribution in [3.05, 3.63) is 35.6 Å². The molecule has 0 aromatic carbocycles. The molecule has 0 radical (unpaired) electrons. The van der Waals surface area contributed by atoms with Crippen LogP contribution in [-0.2, 0) is 23.1 Å². The number of aryl methyl sites for hydroxylation is 1. The minimum atomic E-state index is -3.68. The Labute approximate surface area is 115 Å². The maximum absolute atomic E-state index is 11.9. The average Bonchev–Trinajstić information content (AvgIpc) is 2.84. The van der Waals surface area contributed by atoms with Crippen LogP contribution in [0.1, 0.15) is 17.3 Å². The Morgan fingerprint density at radius 1 is 1.40 bits per heavy atom. The van der Waals surface area contributed by atoms with Crippen LogP contribution in [0.3, 0.4) is 0 Å². The SMILES string of the molecule is Cc1noc(CCNS(=O)(=O)c2ccc(CO)cn2)n1. The van der Waals surface area contributed by atoms with E-state index in [0.29, 0.717) is 23.7 Å². The molecule has 2 aromatic rings. The molecule has 0 atom stereocenters. The fraction of sp³-hybridized carbons (Fsp3) is 0.364. The molecular formula is C11H14N4O4S. The second-order valence-corrected chi connectivity index (χ2v) is 5.76. The van der Waals surface area contributed by atoms with E-state index in [1.54, 1.807) is 6.92 Å². The molecule has 0 aliphatic rings. The van der Waals surface area contributed by atoms with E-state index in [9.17, 15) is 8.42 Å². The third-order valence-electron chi connectivity index (χ3n) is 2.46. The van der Waals surface area contributed by atoms with E-state index in [0.717, 1.165) is 0 Å². The van der Waals surface area contributed by atoms with E-state index in [4.69, 9.17) is 9.63 Å². The van der Waals surface area contributed by atoms with Crippen molar-refractivity contribution in [3.63, 3.8) is 0 Å². The summed E-state index contributed by atoms with van der Waals surface area (Å²) >= 11 is 0. The molecule has 2 N–H and O–H groups in total. The Balaban J connectivity index is 1.96. The van der Waals surface area contributed by atoms with E-state index in [2.05, 4.69) is 19.8 Å². The van der Waals surface area contributed by atoms with Gasteiger partial charge in [-0.25, -0.2) is 18.1 Å². The molecule has 0 saturated heterocycles. The Morgan fingerprint density at radius 2 is 2.20 bits per heavy atom. The molecule has 2 rings (SSSR count). The molecule has 20 heavy (non-hydrogen) atoms. The molecule has 0 aliphatic heterocycles. The Hall–Kier alpha value is -1.84. The highest BCUT2D eigenvalue weighted by molar-refractivity contribution is 7.89. The van der Waals surface area contributed by atoms with Crippen molar-refractivity contribution in [2.75, 3.05) is 6.54 Å². The predicted octanol–water partition coefficient (Wildman–Crippen LogP) is -0.214. The summed E-state index contributed by atoms with van der Waals surface area (Å²) in [6.45, 7) is 1.63. The highest BCUT2D eigenvalue weighted by Gasteiger charge is 2.15. The van der Waals surface area contributed by atoms with Crippen LogP contribution in [0.15, 0.2) is 27.9 Å². The lowest BCUT2D eigenvalue weighted by molar-refractivity contribution is 0.281. The van der Waals surface area contributed by atoms with Crippen LogP contribution in [0.25, 0.3) is 0 Å². The van der Waals surface area contributed by atoms with E-state index >= 15 is 0 Å². The number of nitrogens with zero attached hydrogens (tertiary/aromatic N) is 3. The fourth-order valence-corrected chi connectivity index (χ4v) is 2.43. The number of pyridine rings is 1. The van der Waals surface area contributed by atoms with Crippen LogP contribution in [-0.4, -0.2) is 35.2 Å². The summed E-state index contributed by atoms with van der Waals surface area (Å²) in [5.41, 5.74) is 0.547. The first kappa shape index (κ1) is 14.6. The van der Waals surface area contributed by atoms with Gasteiger partial charge < -0.3 is 9.63 Å². The number of rotatable bonds is 6. The number of aliphatic hydroxyl groups is 1. The molecule has 0 bridgehead atoms. The molecule has 108 valence electrons. The Kier molecular flexibility index (Phi) is 4.42. The highest BCUT2D eigenvalue weighted by atomic mass is 32.2. The molecule has 2 heterocycles. The van der Waals surface area contributed by atoms with Crippen LogP contribution in [0.4, 0.5) is 0 Å². The summed E-state index contributed by atoms with van der Waals surface area (Å²) in [4.78, 5) is 7.76. The van der Waals surface area contributed by atoms with Crippen molar-refractivity contribution in [2.45, 2.75) is 25.0 Å². The van der Waals surface area contributed by atoms with Gasteiger partial charge in [0.1, 0.15) is 0 Å². The number of nitrogens with one attached hydrogen (secondary N) is 1. The lowest BCUT2D eigenvalue weighted by Gasteiger charge is -2.05. The second kappa shape index (κ2) is 6.07. The zero-order valence-electron chi connectivity index (χ0n) is 10.8. The van der Waals surface area contributed by atoms with E-state index in [-0.39, 0.29) is 18.2 Å². The van der Waals surface area contributed by atoms with Crippen molar-refractivity contribution in [3.8, 4) is 0 Å². The largest absolute Gasteiger partial charge is 0.392 e. The summed E-state index contributed by atoms with van der Waals surface area (Å²) in [6, 6.07) is 2.84. The van der Waals surface area contributed by atoms with E-state index in [1.165, 1.54) is 18.3 Å². The van der Waals surface area contributed by atoms with Crippen LogP contribution >= 0.6 is 0 Å². The topological polar surface area (TPSA) is 118 Å². The zero-order valence-corrected chi connectivity index (χ0v) is 11.6. The lowest BCUT2D eigenvalue weighted by atomic mass is 10.3. The highest BCUT2D eigenvalue weighted by Crippen LogP contribution is 2.06. The van der Waals surface area contributed by atoms with Gasteiger partial charge in [0.25, 0.3) is 10.0 Å². The van der Waals surface area contributed by atoms with Gasteiger partial charge in [-0.2, -0.15) is 4.98 Å². The lowest BCUT2D eigenvalue weighted by Crippen LogP contribution is -2.26. The van der Waals surface area contributed by atoms with Gasteiger partial charge in [0.05, 0.1) is 6.61 Å². The van der Waals surface area contributed by atoms with Gasteiger partial charge in [-0.15, -0.1) is 0 Å². The second-order valence-electron chi connectivity index (χ2n) is 4.05. The van der Waals surface area contributed by atoms with Gasteiger partial charge in [-0.05, 0) is 18.6 Å². The van der Waals surface area contributed by atoms with Crippen molar-refractivity contribution >= 4 is 10.0 Å². The monoisotopic (exact) mass is 298 g/mol. The van der Waals surface area contributed by atoms with Gasteiger partial charge in [-0.1, -0.05) is 11.2 Å².